The van der Waals surface area contributed by atoms with E-state index in [1.807, 2.05) is 0 Å². The van der Waals surface area contributed by atoms with Gasteiger partial charge in [-0.3, -0.25) is 0 Å². The van der Waals surface area contributed by atoms with E-state index >= 15 is 0 Å². The van der Waals surface area contributed by atoms with E-state index in [-0.39, 0.29) is 5.41 Å². The Kier molecular flexibility index (Phi) is 4.49. The molecule has 1 aromatic heterocycles. The summed E-state index contributed by atoms with van der Waals surface area (Å²) in [6.07, 6.45) is 10.6. The van der Waals surface area contributed by atoms with Crippen LogP contribution in [0.25, 0.3) is 0 Å². The van der Waals surface area contributed by atoms with Gasteiger partial charge in [0.05, 0.1) is 6.07 Å². The van der Waals surface area contributed by atoms with Crippen molar-refractivity contribution >= 4 is 0 Å². The van der Waals surface area contributed by atoms with Gasteiger partial charge in [-0.15, -0.1) is 0 Å². The van der Waals surface area contributed by atoms with Crippen LogP contribution in [-0.4, -0.2) is 23.9 Å². The van der Waals surface area contributed by atoms with E-state index in [1.165, 1.54) is 19.3 Å². The van der Waals surface area contributed by atoms with Crippen molar-refractivity contribution in [1.29, 1.82) is 5.26 Å². The first kappa shape index (κ1) is 15.5. The van der Waals surface area contributed by atoms with Crippen LogP contribution >= 0.6 is 0 Å². The standard InChI is InChI=1S/C17H25N3O2/c1-21-12-11-16(7-5-6-8-16)14-19-15(22-20-14)17(13-18)9-3-2-4-10-17/h2-12H2,1H3. The van der Waals surface area contributed by atoms with Crippen molar-refractivity contribution in [3.8, 4) is 6.07 Å². The first-order chi connectivity index (χ1) is 10.7. The summed E-state index contributed by atoms with van der Waals surface area (Å²) in [7, 11) is 1.73. The topological polar surface area (TPSA) is 71.9 Å². The molecule has 0 unspecified atom stereocenters. The molecule has 3 rings (SSSR count). The molecule has 0 atom stereocenters. The molecule has 5 nitrogen and oxygen atoms in total. The largest absolute Gasteiger partial charge is 0.385 e. The first-order valence-electron chi connectivity index (χ1n) is 8.50. The number of hydrogen-bond donors (Lipinski definition) is 0. The third kappa shape index (κ3) is 2.65. The summed E-state index contributed by atoms with van der Waals surface area (Å²) in [6.45, 7) is 0.716. The zero-order chi connectivity index (χ0) is 15.5. The minimum atomic E-state index is -0.551. The average molecular weight is 303 g/mol. The summed E-state index contributed by atoms with van der Waals surface area (Å²) in [5, 5.41) is 14.0. The van der Waals surface area contributed by atoms with Crippen LogP contribution in [0.4, 0.5) is 0 Å². The lowest BCUT2D eigenvalue weighted by Gasteiger charge is -2.27. The quantitative estimate of drug-likeness (QED) is 0.830. The van der Waals surface area contributed by atoms with Crippen LogP contribution in [0, 0.1) is 11.3 Å². The Morgan fingerprint density at radius 3 is 2.45 bits per heavy atom. The molecule has 120 valence electrons. The average Bonchev–Trinajstić information content (AvgIpc) is 3.24. The molecule has 2 aliphatic carbocycles. The zero-order valence-electron chi connectivity index (χ0n) is 13.4. The van der Waals surface area contributed by atoms with Crippen LogP contribution in [0.5, 0.6) is 0 Å². The Bertz CT molecular complexity index is 534. The molecule has 1 heterocycles. The molecule has 0 saturated heterocycles. The Morgan fingerprint density at radius 2 is 1.82 bits per heavy atom. The van der Waals surface area contributed by atoms with Crippen LogP contribution in [0.1, 0.15) is 75.9 Å². The lowest BCUT2D eigenvalue weighted by atomic mass is 9.75. The molecule has 22 heavy (non-hydrogen) atoms. The zero-order valence-corrected chi connectivity index (χ0v) is 13.4. The third-order valence-electron chi connectivity index (χ3n) is 5.58. The van der Waals surface area contributed by atoms with Gasteiger partial charge >= 0.3 is 0 Å². The fraction of sp³-hybridized carbons (Fsp3) is 0.824. The number of hydrogen-bond acceptors (Lipinski definition) is 5. The van der Waals surface area contributed by atoms with Gasteiger partial charge in [0.2, 0.25) is 5.89 Å². The van der Waals surface area contributed by atoms with E-state index in [9.17, 15) is 5.26 Å². The van der Waals surface area contributed by atoms with E-state index in [2.05, 4.69) is 11.2 Å². The number of nitriles is 1. The van der Waals surface area contributed by atoms with E-state index in [1.54, 1.807) is 7.11 Å². The minimum absolute atomic E-state index is 0.0108. The predicted octanol–water partition coefficient (Wildman–Crippen LogP) is 3.64. The molecule has 0 bridgehead atoms. The molecule has 0 N–H and O–H groups in total. The number of nitrogens with zero attached hydrogens (tertiary/aromatic N) is 3. The van der Waals surface area contributed by atoms with Crippen molar-refractivity contribution in [1.82, 2.24) is 10.1 Å². The highest BCUT2D eigenvalue weighted by Gasteiger charge is 2.44. The van der Waals surface area contributed by atoms with Gasteiger partial charge in [-0.1, -0.05) is 37.3 Å². The molecule has 0 spiro atoms. The summed E-state index contributed by atoms with van der Waals surface area (Å²) >= 11 is 0. The number of ether oxygens (including phenoxy) is 1. The molecule has 0 amide bonds. The molecule has 0 aromatic carbocycles. The van der Waals surface area contributed by atoms with Crippen molar-refractivity contribution in [2.75, 3.05) is 13.7 Å². The Hall–Kier alpha value is -1.41. The van der Waals surface area contributed by atoms with Gasteiger partial charge in [-0.05, 0) is 32.1 Å². The van der Waals surface area contributed by atoms with Crippen LogP contribution in [0.2, 0.25) is 0 Å². The van der Waals surface area contributed by atoms with E-state index in [0.717, 1.165) is 50.8 Å². The number of methoxy groups -OCH3 is 1. The van der Waals surface area contributed by atoms with Gasteiger partial charge in [-0.25, -0.2) is 0 Å². The minimum Gasteiger partial charge on any atom is -0.385 e. The lowest BCUT2D eigenvalue weighted by Crippen LogP contribution is -2.29. The van der Waals surface area contributed by atoms with Crippen molar-refractivity contribution < 1.29 is 9.26 Å². The molecule has 2 saturated carbocycles. The van der Waals surface area contributed by atoms with Crippen molar-refractivity contribution in [2.24, 2.45) is 0 Å². The van der Waals surface area contributed by atoms with Crippen LogP contribution in [0.3, 0.4) is 0 Å². The smallest absolute Gasteiger partial charge is 0.247 e. The first-order valence-corrected chi connectivity index (χ1v) is 8.50. The van der Waals surface area contributed by atoms with Crippen molar-refractivity contribution in [3.05, 3.63) is 11.7 Å². The molecule has 5 heteroatoms. The summed E-state index contributed by atoms with van der Waals surface area (Å²) < 4.78 is 10.9. The van der Waals surface area contributed by atoms with Gasteiger partial charge in [-0.2, -0.15) is 10.2 Å². The van der Waals surface area contributed by atoms with Gasteiger partial charge < -0.3 is 9.26 Å². The Labute approximate surface area is 132 Å². The summed E-state index contributed by atoms with van der Waals surface area (Å²) in [6, 6.07) is 2.47. The SMILES string of the molecule is COCCC1(c2noc(C3(C#N)CCCCC3)n2)CCCC1. The highest BCUT2D eigenvalue weighted by Crippen LogP contribution is 2.44. The molecule has 0 radical (unpaired) electrons. The molecular weight excluding hydrogens is 278 g/mol. The maximum Gasteiger partial charge on any atom is 0.247 e. The van der Waals surface area contributed by atoms with Gasteiger partial charge in [0.1, 0.15) is 5.41 Å². The molecule has 0 aliphatic heterocycles. The van der Waals surface area contributed by atoms with Crippen molar-refractivity contribution in [2.45, 2.75) is 75.0 Å². The van der Waals surface area contributed by atoms with Gasteiger partial charge in [0.15, 0.2) is 5.82 Å². The summed E-state index contributed by atoms with van der Waals surface area (Å²) in [4.78, 5) is 4.73. The fourth-order valence-electron chi connectivity index (χ4n) is 4.10. The molecule has 1 aromatic rings. The summed E-state index contributed by atoms with van der Waals surface area (Å²) in [5.41, 5.74) is -0.562. The molecule has 2 aliphatic rings. The third-order valence-corrected chi connectivity index (χ3v) is 5.58. The second kappa shape index (κ2) is 6.37. The Balaban J connectivity index is 1.87. The second-order valence-electron chi connectivity index (χ2n) is 6.91. The van der Waals surface area contributed by atoms with Crippen LogP contribution in [-0.2, 0) is 15.6 Å². The lowest BCUT2D eigenvalue weighted by molar-refractivity contribution is 0.163. The number of aromatic nitrogens is 2. The maximum atomic E-state index is 9.68. The molecule has 2 fully saturated rings. The highest BCUT2D eigenvalue weighted by molar-refractivity contribution is 5.21. The predicted molar refractivity (Wildman–Crippen MR) is 81.3 cm³/mol. The monoisotopic (exact) mass is 303 g/mol. The van der Waals surface area contributed by atoms with Gasteiger partial charge in [0.25, 0.3) is 0 Å². The normalized spacial score (nSPS) is 23.3. The Morgan fingerprint density at radius 1 is 1.14 bits per heavy atom. The summed E-state index contributed by atoms with van der Waals surface area (Å²) in [5.74, 6) is 1.35. The van der Waals surface area contributed by atoms with Gasteiger partial charge in [0, 0.05) is 19.1 Å². The van der Waals surface area contributed by atoms with Crippen molar-refractivity contribution in [3.63, 3.8) is 0 Å². The van der Waals surface area contributed by atoms with Crippen LogP contribution in [0.15, 0.2) is 4.52 Å². The second-order valence-corrected chi connectivity index (χ2v) is 6.91. The number of rotatable bonds is 5. The van der Waals surface area contributed by atoms with Crippen LogP contribution < -0.4 is 0 Å². The molecular formula is C17H25N3O2. The maximum absolute atomic E-state index is 9.68. The van der Waals surface area contributed by atoms with E-state index < -0.39 is 5.41 Å². The fourth-order valence-corrected chi connectivity index (χ4v) is 4.10. The van der Waals surface area contributed by atoms with E-state index in [4.69, 9.17) is 14.2 Å². The highest BCUT2D eigenvalue weighted by atomic mass is 16.5. The van der Waals surface area contributed by atoms with E-state index in [0.29, 0.717) is 12.5 Å².